The highest BCUT2D eigenvalue weighted by molar-refractivity contribution is 6.30. The molecule has 0 heterocycles. The molecule has 1 aromatic rings. The lowest BCUT2D eigenvalue weighted by Crippen LogP contribution is -2.41. The van der Waals surface area contributed by atoms with Crippen LogP contribution in [0, 0.1) is 0 Å². The molecule has 0 aliphatic rings. The van der Waals surface area contributed by atoms with Gasteiger partial charge in [0, 0.05) is 32.7 Å². The monoisotopic (exact) mass is 352 g/mol. The SMILES string of the molecule is C=CCNC(=NCC(=O)N(C)C)N(C)CCOc1cccc(Cl)c1. The number of nitrogens with zero attached hydrogens (tertiary/aromatic N) is 3. The molecule has 0 fully saturated rings. The molecule has 132 valence electrons. The summed E-state index contributed by atoms with van der Waals surface area (Å²) in [5.74, 6) is 1.28. The first-order valence-corrected chi connectivity index (χ1v) is 8.00. The average molecular weight is 353 g/mol. The number of carbonyl (C=O) groups is 1. The van der Waals surface area contributed by atoms with E-state index >= 15 is 0 Å². The minimum Gasteiger partial charge on any atom is -0.492 e. The molecule has 7 heteroatoms. The second-order valence-corrected chi connectivity index (χ2v) is 5.76. The van der Waals surface area contributed by atoms with Crippen molar-refractivity contribution in [3.63, 3.8) is 0 Å². The summed E-state index contributed by atoms with van der Waals surface area (Å²) in [7, 11) is 5.30. The minimum absolute atomic E-state index is 0.0588. The molecular formula is C17H25ClN4O2. The standard InChI is InChI=1S/C17H25ClN4O2/c1-5-9-19-17(20-13-16(23)21(2)3)22(4)10-11-24-15-8-6-7-14(18)12-15/h5-8,12H,1,9-11,13H2,2-4H3,(H,19,20). The number of ether oxygens (including phenoxy) is 1. The Morgan fingerprint density at radius 3 is 2.79 bits per heavy atom. The van der Waals surface area contributed by atoms with Gasteiger partial charge in [-0.1, -0.05) is 23.7 Å². The molecule has 0 spiro atoms. The van der Waals surface area contributed by atoms with Crippen LogP contribution in [0.25, 0.3) is 0 Å². The molecule has 1 amide bonds. The molecule has 0 saturated carbocycles. The molecule has 6 nitrogen and oxygen atoms in total. The van der Waals surface area contributed by atoms with Crippen molar-refractivity contribution in [3.8, 4) is 5.75 Å². The zero-order chi connectivity index (χ0) is 17.9. The van der Waals surface area contributed by atoms with E-state index in [0.717, 1.165) is 5.75 Å². The number of guanidine groups is 1. The lowest BCUT2D eigenvalue weighted by molar-refractivity contribution is -0.127. The van der Waals surface area contributed by atoms with E-state index in [4.69, 9.17) is 16.3 Å². The Bertz CT molecular complexity index is 575. The Hall–Kier alpha value is -2.21. The van der Waals surface area contributed by atoms with E-state index in [9.17, 15) is 4.79 Å². The van der Waals surface area contributed by atoms with Gasteiger partial charge in [-0.15, -0.1) is 6.58 Å². The van der Waals surface area contributed by atoms with Gasteiger partial charge in [0.25, 0.3) is 0 Å². The highest BCUT2D eigenvalue weighted by atomic mass is 35.5. The number of hydrogen-bond acceptors (Lipinski definition) is 3. The zero-order valence-corrected chi connectivity index (χ0v) is 15.2. The van der Waals surface area contributed by atoms with Crippen LogP contribution in [-0.2, 0) is 4.79 Å². The highest BCUT2D eigenvalue weighted by Crippen LogP contribution is 2.16. The highest BCUT2D eigenvalue weighted by Gasteiger charge is 2.08. The van der Waals surface area contributed by atoms with Gasteiger partial charge in [-0.3, -0.25) is 4.79 Å². The first-order valence-electron chi connectivity index (χ1n) is 7.63. The Labute approximate surface area is 148 Å². The van der Waals surface area contributed by atoms with Crippen molar-refractivity contribution >= 4 is 23.5 Å². The number of amides is 1. The largest absolute Gasteiger partial charge is 0.492 e. The summed E-state index contributed by atoms with van der Waals surface area (Å²) in [5, 5.41) is 3.77. The van der Waals surface area contributed by atoms with Crippen LogP contribution in [-0.4, -0.2) is 69.1 Å². The van der Waals surface area contributed by atoms with Gasteiger partial charge in [0.2, 0.25) is 5.91 Å². The van der Waals surface area contributed by atoms with Crippen molar-refractivity contribution in [2.45, 2.75) is 0 Å². The summed E-state index contributed by atoms with van der Waals surface area (Å²) >= 11 is 5.93. The predicted molar refractivity (Wildman–Crippen MR) is 98.8 cm³/mol. The van der Waals surface area contributed by atoms with Crippen LogP contribution in [0.5, 0.6) is 5.75 Å². The third-order valence-electron chi connectivity index (χ3n) is 3.12. The number of likely N-dealkylation sites (N-methyl/N-ethyl adjacent to an activating group) is 2. The van der Waals surface area contributed by atoms with Crippen LogP contribution in [0.2, 0.25) is 5.02 Å². The maximum atomic E-state index is 11.7. The molecule has 0 aromatic heterocycles. The van der Waals surface area contributed by atoms with E-state index in [1.807, 2.05) is 24.1 Å². The average Bonchev–Trinajstić information content (AvgIpc) is 2.54. The molecule has 0 saturated heterocycles. The van der Waals surface area contributed by atoms with Crippen molar-refractivity contribution < 1.29 is 9.53 Å². The van der Waals surface area contributed by atoms with Gasteiger partial charge in [-0.05, 0) is 18.2 Å². The molecule has 24 heavy (non-hydrogen) atoms. The first-order chi connectivity index (χ1) is 11.4. The number of hydrogen-bond donors (Lipinski definition) is 1. The van der Waals surface area contributed by atoms with E-state index in [2.05, 4.69) is 16.9 Å². The molecule has 0 atom stereocenters. The van der Waals surface area contributed by atoms with Crippen LogP contribution >= 0.6 is 11.6 Å². The second kappa shape index (κ2) is 10.5. The van der Waals surface area contributed by atoms with E-state index in [1.165, 1.54) is 4.90 Å². The number of halogens is 1. The number of nitrogens with one attached hydrogen (secondary N) is 1. The van der Waals surface area contributed by atoms with Gasteiger partial charge in [0.15, 0.2) is 5.96 Å². The van der Waals surface area contributed by atoms with Crippen molar-refractivity contribution in [2.24, 2.45) is 4.99 Å². The summed E-state index contributed by atoms with van der Waals surface area (Å²) in [6.45, 7) is 5.40. The van der Waals surface area contributed by atoms with Crippen molar-refractivity contribution in [3.05, 3.63) is 41.9 Å². The normalized spacial score (nSPS) is 10.9. The maximum absolute atomic E-state index is 11.7. The van der Waals surface area contributed by atoms with Crippen LogP contribution in [0.1, 0.15) is 0 Å². The summed E-state index contributed by atoms with van der Waals surface area (Å²) in [6, 6.07) is 7.26. The van der Waals surface area contributed by atoms with Gasteiger partial charge < -0.3 is 19.9 Å². The van der Waals surface area contributed by atoms with E-state index in [0.29, 0.717) is 30.7 Å². The molecular weight excluding hydrogens is 328 g/mol. The molecule has 0 unspecified atom stereocenters. The van der Waals surface area contributed by atoms with E-state index in [-0.39, 0.29) is 12.5 Å². The fourth-order valence-electron chi connectivity index (χ4n) is 1.72. The molecule has 1 N–H and O–H groups in total. The Kier molecular flexibility index (Phi) is 8.71. The lowest BCUT2D eigenvalue weighted by Gasteiger charge is -2.22. The van der Waals surface area contributed by atoms with Crippen LogP contribution in [0.3, 0.4) is 0 Å². The Balaban J connectivity index is 2.56. The zero-order valence-electron chi connectivity index (χ0n) is 14.5. The lowest BCUT2D eigenvalue weighted by atomic mass is 10.3. The molecule has 0 aliphatic heterocycles. The first kappa shape index (κ1) is 19.8. The number of carbonyl (C=O) groups excluding carboxylic acids is 1. The topological polar surface area (TPSA) is 57.2 Å². The second-order valence-electron chi connectivity index (χ2n) is 5.32. The third kappa shape index (κ3) is 7.37. The smallest absolute Gasteiger partial charge is 0.243 e. The molecule has 0 aliphatic carbocycles. The quantitative estimate of drug-likeness (QED) is 0.441. The molecule has 1 rings (SSSR count). The van der Waals surface area contributed by atoms with Gasteiger partial charge in [0.05, 0.1) is 6.54 Å². The summed E-state index contributed by atoms with van der Waals surface area (Å²) in [5.41, 5.74) is 0. The molecule has 0 radical (unpaired) electrons. The van der Waals surface area contributed by atoms with Gasteiger partial charge >= 0.3 is 0 Å². The number of aliphatic imine (C=N–C) groups is 1. The molecule has 0 bridgehead atoms. The third-order valence-corrected chi connectivity index (χ3v) is 3.36. The Morgan fingerprint density at radius 2 is 2.17 bits per heavy atom. The fraction of sp³-hybridized carbons (Fsp3) is 0.412. The van der Waals surface area contributed by atoms with Crippen molar-refractivity contribution in [1.29, 1.82) is 0 Å². The van der Waals surface area contributed by atoms with Gasteiger partial charge in [-0.25, -0.2) is 4.99 Å². The van der Waals surface area contributed by atoms with Crippen LogP contribution in [0.15, 0.2) is 41.9 Å². The summed E-state index contributed by atoms with van der Waals surface area (Å²) in [6.07, 6.45) is 1.74. The minimum atomic E-state index is -0.0588. The van der Waals surface area contributed by atoms with Crippen molar-refractivity contribution in [2.75, 3.05) is 47.4 Å². The Morgan fingerprint density at radius 1 is 1.42 bits per heavy atom. The molecule has 1 aromatic carbocycles. The fourth-order valence-corrected chi connectivity index (χ4v) is 1.90. The van der Waals surface area contributed by atoms with E-state index in [1.54, 1.807) is 32.3 Å². The van der Waals surface area contributed by atoms with Crippen molar-refractivity contribution in [1.82, 2.24) is 15.1 Å². The maximum Gasteiger partial charge on any atom is 0.243 e. The van der Waals surface area contributed by atoms with Crippen LogP contribution < -0.4 is 10.1 Å². The summed E-state index contributed by atoms with van der Waals surface area (Å²) in [4.78, 5) is 19.4. The van der Waals surface area contributed by atoms with Gasteiger partial charge in [-0.2, -0.15) is 0 Å². The summed E-state index contributed by atoms with van der Waals surface area (Å²) < 4.78 is 5.67. The van der Waals surface area contributed by atoms with Gasteiger partial charge in [0.1, 0.15) is 18.9 Å². The predicted octanol–water partition coefficient (Wildman–Crippen LogP) is 1.87. The number of rotatable bonds is 8. The van der Waals surface area contributed by atoms with Crippen LogP contribution in [0.4, 0.5) is 0 Å². The van der Waals surface area contributed by atoms with E-state index < -0.39 is 0 Å². The number of benzene rings is 1.